The monoisotopic (exact) mass is 286 g/mol. The average Bonchev–Trinajstić information content (AvgIpc) is 2.43. The second-order valence-electron chi connectivity index (χ2n) is 4.71. The van der Waals surface area contributed by atoms with Gasteiger partial charge in [0.05, 0.1) is 26.7 Å². The van der Waals surface area contributed by atoms with E-state index in [1.165, 1.54) is 24.3 Å². The van der Waals surface area contributed by atoms with Crippen molar-refractivity contribution in [1.82, 2.24) is 4.57 Å². The molecule has 1 aromatic heterocycles. The predicted molar refractivity (Wildman–Crippen MR) is 76.7 cm³/mol. The second kappa shape index (κ2) is 4.20. The Bertz CT molecular complexity index is 975. The molecule has 106 valence electrons. The van der Waals surface area contributed by atoms with Crippen LogP contribution in [0.3, 0.4) is 0 Å². The van der Waals surface area contributed by atoms with E-state index >= 15 is 0 Å². The zero-order valence-electron chi connectivity index (χ0n) is 10.9. The summed E-state index contributed by atoms with van der Waals surface area (Å²) < 4.78 is 1.59. The van der Waals surface area contributed by atoms with Crippen LogP contribution in [-0.2, 0) is 7.05 Å². The maximum Gasteiger partial charge on any atom is 0.270 e. The van der Waals surface area contributed by atoms with E-state index in [4.69, 9.17) is 0 Å². The van der Waals surface area contributed by atoms with Gasteiger partial charge in [-0.15, -0.1) is 0 Å². The van der Waals surface area contributed by atoms with Gasteiger partial charge in [0.2, 0.25) is 5.43 Å². The predicted octanol–water partition coefficient (Wildman–Crippen LogP) is 2.01. The Morgan fingerprint density at radius 1 is 1.14 bits per heavy atom. The number of non-ortho nitro benzene ring substituents is 1. The lowest BCUT2D eigenvalue weighted by Crippen LogP contribution is -2.09. The Balaban J connectivity index is 2.60. The SMILES string of the molecule is Cn1c2ccc([N+](=O)[O-])cc2c(=O)c2c(O)cc(O)cc21. The molecule has 0 atom stereocenters. The van der Waals surface area contributed by atoms with Crippen molar-refractivity contribution in [3.05, 3.63) is 50.7 Å². The van der Waals surface area contributed by atoms with Gasteiger partial charge in [-0.05, 0) is 6.07 Å². The molecule has 3 rings (SSSR count). The van der Waals surface area contributed by atoms with Gasteiger partial charge in [0.15, 0.2) is 0 Å². The molecule has 0 radical (unpaired) electrons. The Labute approximate surface area is 117 Å². The molecule has 21 heavy (non-hydrogen) atoms. The number of nitrogens with zero attached hydrogens (tertiary/aromatic N) is 2. The summed E-state index contributed by atoms with van der Waals surface area (Å²) >= 11 is 0. The minimum absolute atomic E-state index is 0.0169. The number of aromatic nitrogens is 1. The fraction of sp³-hybridized carbons (Fsp3) is 0.0714. The molecule has 0 bridgehead atoms. The summed E-state index contributed by atoms with van der Waals surface area (Å²) in [5.41, 5.74) is 0.110. The molecule has 2 N–H and O–H groups in total. The average molecular weight is 286 g/mol. The molecule has 0 aliphatic heterocycles. The molecule has 7 nitrogen and oxygen atoms in total. The maximum absolute atomic E-state index is 12.5. The molecule has 0 unspecified atom stereocenters. The number of nitro groups is 1. The van der Waals surface area contributed by atoms with Crippen LogP contribution in [0.15, 0.2) is 35.1 Å². The van der Waals surface area contributed by atoms with Crippen molar-refractivity contribution in [2.75, 3.05) is 0 Å². The number of hydrogen-bond acceptors (Lipinski definition) is 5. The van der Waals surface area contributed by atoms with Crippen molar-refractivity contribution in [3.8, 4) is 11.5 Å². The van der Waals surface area contributed by atoms with Gasteiger partial charge in [-0.1, -0.05) is 0 Å². The van der Waals surface area contributed by atoms with Crippen molar-refractivity contribution >= 4 is 27.5 Å². The van der Waals surface area contributed by atoms with Crippen LogP contribution in [0, 0.1) is 10.1 Å². The lowest BCUT2D eigenvalue weighted by Gasteiger charge is -2.11. The summed E-state index contributed by atoms with van der Waals surface area (Å²) in [5.74, 6) is -0.532. The zero-order valence-corrected chi connectivity index (χ0v) is 10.9. The number of nitro benzene ring substituents is 1. The lowest BCUT2D eigenvalue weighted by atomic mass is 10.1. The fourth-order valence-corrected chi connectivity index (χ4v) is 2.47. The highest BCUT2D eigenvalue weighted by Gasteiger charge is 2.16. The van der Waals surface area contributed by atoms with E-state index in [1.54, 1.807) is 11.6 Å². The summed E-state index contributed by atoms with van der Waals surface area (Å²) in [6.07, 6.45) is 0. The zero-order chi connectivity index (χ0) is 15.3. The van der Waals surface area contributed by atoms with E-state index in [9.17, 15) is 25.1 Å². The number of rotatable bonds is 1. The van der Waals surface area contributed by atoms with Gasteiger partial charge in [0.1, 0.15) is 11.5 Å². The summed E-state index contributed by atoms with van der Waals surface area (Å²) in [7, 11) is 1.65. The van der Waals surface area contributed by atoms with Crippen LogP contribution in [0.2, 0.25) is 0 Å². The lowest BCUT2D eigenvalue weighted by molar-refractivity contribution is -0.384. The smallest absolute Gasteiger partial charge is 0.270 e. The number of fused-ring (bicyclic) bond motifs is 2. The number of aromatic hydroxyl groups is 2. The molecule has 0 aliphatic rings. The van der Waals surface area contributed by atoms with E-state index in [2.05, 4.69) is 0 Å². The van der Waals surface area contributed by atoms with Crippen LogP contribution < -0.4 is 5.43 Å². The van der Waals surface area contributed by atoms with Crippen LogP contribution in [0.5, 0.6) is 11.5 Å². The highest BCUT2D eigenvalue weighted by molar-refractivity contribution is 5.97. The molecule has 0 aliphatic carbocycles. The molecule has 0 amide bonds. The number of hydrogen-bond donors (Lipinski definition) is 2. The van der Waals surface area contributed by atoms with E-state index in [0.29, 0.717) is 11.0 Å². The number of pyridine rings is 1. The first-order chi connectivity index (χ1) is 9.90. The molecule has 7 heteroatoms. The van der Waals surface area contributed by atoms with Gasteiger partial charge in [-0.3, -0.25) is 14.9 Å². The van der Waals surface area contributed by atoms with Gasteiger partial charge < -0.3 is 14.8 Å². The van der Waals surface area contributed by atoms with E-state index in [-0.39, 0.29) is 28.0 Å². The number of phenolic OH excluding ortho intramolecular Hbond substituents is 2. The van der Waals surface area contributed by atoms with Crippen LogP contribution in [0.25, 0.3) is 21.8 Å². The Hall–Kier alpha value is -3.09. The molecule has 0 saturated heterocycles. The van der Waals surface area contributed by atoms with Gasteiger partial charge >= 0.3 is 0 Å². The molecule has 3 aromatic rings. The standard InChI is InChI=1S/C14H10N2O5/c1-15-10-3-2-7(16(20)21)4-9(10)14(19)13-11(15)5-8(17)6-12(13)18/h2-6,17-18H,1H3. The van der Waals surface area contributed by atoms with E-state index in [1.807, 2.05) is 0 Å². The Morgan fingerprint density at radius 3 is 2.52 bits per heavy atom. The Kier molecular flexibility index (Phi) is 2.59. The Morgan fingerprint density at radius 2 is 1.86 bits per heavy atom. The summed E-state index contributed by atoms with van der Waals surface area (Å²) in [5, 5.41) is 30.4. The normalized spacial score (nSPS) is 11.1. The van der Waals surface area contributed by atoms with Gasteiger partial charge in [-0.2, -0.15) is 0 Å². The third-order valence-electron chi connectivity index (χ3n) is 3.47. The molecular weight excluding hydrogens is 276 g/mol. The quantitative estimate of drug-likeness (QED) is 0.404. The van der Waals surface area contributed by atoms with Crippen molar-refractivity contribution in [1.29, 1.82) is 0 Å². The van der Waals surface area contributed by atoms with Crippen LogP contribution in [0.1, 0.15) is 0 Å². The molecule has 2 aromatic carbocycles. The third kappa shape index (κ3) is 1.78. The summed E-state index contributed by atoms with van der Waals surface area (Å²) in [6.45, 7) is 0. The first kappa shape index (κ1) is 12.9. The van der Waals surface area contributed by atoms with Gasteiger partial charge in [0, 0.05) is 31.3 Å². The molecule has 0 fully saturated rings. The topological polar surface area (TPSA) is 106 Å². The van der Waals surface area contributed by atoms with Crippen LogP contribution >= 0.6 is 0 Å². The van der Waals surface area contributed by atoms with E-state index in [0.717, 1.165) is 6.07 Å². The number of benzene rings is 2. The third-order valence-corrected chi connectivity index (χ3v) is 3.47. The number of phenols is 2. The van der Waals surface area contributed by atoms with Crippen molar-refractivity contribution in [2.24, 2.45) is 7.05 Å². The maximum atomic E-state index is 12.5. The van der Waals surface area contributed by atoms with E-state index < -0.39 is 10.4 Å². The van der Waals surface area contributed by atoms with Crippen molar-refractivity contribution in [3.63, 3.8) is 0 Å². The second-order valence-corrected chi connectivity index (χ2v) is 4.71. The van der Waals surface area contributed by atoms with Crippen molar-refractivity contribution in [2.45, 2.75) is 0 Å². The van der Waals surface area contributed by atoms with Gasteiger partial charge in [-0.25, -0.2) is 0 Å². The highest BCUT2D eigenvalue weighted by Crippen LogP contribution is 2.30. The minimum atomic E-state index is -0.584. The number of aryl methyl sites for hydroxylation is 1. The van der Waals surface area contributed by atoms with Crippen LogP contribution in [0.4, 0.5) is 5.69 Å². The summed E-state index contributed by atoms with van der Waals surface area (Å²) in [4.78, 5) is 22.7. The van der Waals surface area contributed by atoms with Gasteiger partial charge in [0.25, 0.3) is 5.69 Å². The first-order valence-corrected chi connectivity index (χ1v) is 6.03. The first-order valence-electron chi connectivity index (χ1n) is 6.03. The van der Waals surface area contributed by atoms with Crippen molar-refractivity contribution < 1.29 is 15.1 Å². The molecule has 0 saturated carbocycles. The summed E-state index contributed by atoms with van der Waals surface area (Å²) in [6, 6.07) is 6.37. The fourth-order valence-electron chi connectivity index (χ4n) is 2.47. The largest absolute Gasteiger partial charge is 0.508 e. The molecular formula is C14H10N2O5. The molecule has 1 heterocycles. The minimum Gasteiger partial charge on any atom is -0.508 e. The molecule has 0 spiro atoms. The van der Waals surface area contributed by atoms with Crippen LogP contribution in [-0.4, -0.2) is 19.7 Å². The highest BCUT2D eigenvalue weighted by atomic mass is 16.6.